The largest absolute Gasteiger partial charge is 0.507 e. The molecule has 1 aromatic rings. The fraction of sp³-hybridized carbons (Fsp3) is 0.562. The predicted molar refractivity (Wildman–Crippen MR) is 77.8 cm³/mol. The summed E-state index contributed by atoms with van der Waals surface area (Å²) in [4.78, 5) is 12.3. The number of rotatable bonds is 3. The first-order chi connectivity index (χ1) is 9.46. The fourth-order valence-electron chi connectivity index (χ4n) is 2.78. The van der Waals surface area contributed by atoms with E-state index in [-0.39, 0.29) is 23.8 Å². The van der Waals surface area contributed by atoms with Crippen molar-refractivity contribution in [2.45, 2.75) is 45.1 Å². The molecule has 2 rings (SSSR count). The number of phenols is 1. The Morgan fingerprint density at radius 2 is 2.05 bits per heavy atom. The SMILES string of the molecule is Cc1ccc(C(=O)NC2(CO)CCC(C)CC2)c(O)c1. The second kappa shape index (κ2) is 5.83. The first kappa shape index (κ1) is 14.9. The lowest BCUT2D eigenvalue weighted by Gasteiger charge is -2.38. The maximum Gasteiger partial charge on any atom is 0.255 e. The van der Waals surface area contributed by atoms with Crippen LogP contribution in [0.25, 0.3) is 0 Å². The maximum absolute atomic E-state index is 12.3. The number of phenolic OH excluding ortho intramolecular Hbond substituents is 1. The van der Waals surface area contributed by atoms with Crippen molar-refractivity contribution in [3.05, 3.63) is 29.3 Å². The maximum atomic E-state index is 12.3. The van der Waals surface area contributed by atoms with Crippen molar-refractivity contribution in [2.24, 2.45) is 5.92 Å². The molecule has 0 spiro atoms. The smallest absolute Gasteiger partial charge is 0.255 e. The summed E-state index contributed by atoms with van der Waals surface area (Å²) in [5, 5.41) is 22.5. The number of carbonyl (C=O) groups excluding carboxylic acids is 1. The molecule has 0 bridgehead atoms. The highest BCUT2D eigenvalue weighted by Crippen LogP contribution is 2.32. The number of benzene rings is 1. The molecular weight excluding hydrogens is 254 g/mol. The van der Waals surface area contributed by atoms with Crippen molar-refractivity contribution in [1.82, 2.24) is 5.32 Å². The second-order valence-electron chi connectivity index (χ2n) is 6.10. The molecule has 1 aromatic carbocycles. The zero-order valence-corrected chi connectivity index (χ0v) is 12.1. The van der Waals surface area contributed by atoms with Gasteiger partial charge in [0.1, 0.15) is 5.75 Å². The minimum absolute atomic E-state index is 0.0141. The molecule has 1 saturated carbocycles. The number of nitrogens with one attached hydrogen (secondary N) is 1. The van der Waals surface area contributed by atoms with Crippen LogP contribution in [-0.2, 0) is 0 Å². The summed E-state index contributed by atoms with van der Waals surface area (Å²) < 4.78 is 0. The highest BCUT2D eigenvalue weighted by atomic mass is 16.3. The number of hydrogen-bond acceptors (Lipinski definition) is 3. The molecule has 0 aliphatic heterocycles. The van der Waals surface area contributed by atoms with E-state index in [1.165, 1.54) is 0 Å². The number of hydrogen-bond donors (Lipinski definition) is 3. The molecule has 0 radical (unpaired) electrons. The summed E-state index contributed by atoms with van der Waals surface area (Å²) in [6, 6.07) is 4.99. The Hall–Kier alpha value is -1.55. The van der Waals surface area contributed by atoms with Gasteiger partial charge in [0, 0.05) is 0 Å². The second-order valence-corrected chi connectivity index (χ2v) is 6.10. The van der Waals surface area contributed by atoms with Gasteiger partial charge in [0.15, 0.2) is 0 Å². The van der Waals surface area contributed by atoms with Crippen LogP contribution in [0.5, 0.6) is 5.75 Å². The van der Waals surface area contributed by atoms with Crippen LogP contribution in [0.1, 0.15) is 48.5 Å². The zero-order chi connectivity index (χ0) is 14.8. The Morgan fingerprint density at radius 1 is 1.40 bits per heavy atom. The normalized spacial score (nSPS) is 26.2. The van der Waals surface area contributed by atoms with Gasteiger partial charge in [-0.2, -0.15) is 0 Å². The molecule has 4 heteroatoms. The number of aliphatic hydroxyl groups excluding tert-OH is 1. The highest BCUT2D eigenvalue weighted by Gasteiger charge is 2.35. The van der Waals surface area contributed by atoms with Crippen LogP contribution in [0.4, 0.5) is 0 Å². The number of aliphatic hydroxyl groups is 1. The lowest BCUT2D eigenvalue weighted by Crippen LogP contribution is -2.53. The molecular formula is C16H23NO3. The summed E-state index contributed by atoms with van der Waals surface area (Å²) in [6.07, 6.45) is 3.56. The van der Waals surface area contributed by atoms with Crippen molar-refractivity contribution in [2.75, 3.05) is 6.61 Å². The van der Waals surface area contributed by atoms with Crippen molar-refractivity contribution in [3.8, 4) is 5.75 Å². The third-order valence-corrected chi connectivity index (χ3v) is 4.31. The molecule has 20 heavy (non-hydrogen) atoms. The van der Waals surface area contributed by atoms with E-state index in [0.717, 1.165) is 31.2 Å². The van der Waals surface area contributed by atoms with Gasteiger partial charge in [0.05, 0.1) is 17.7 Å². The zero-order valence-electron chi connectivity index (χ0n) is 12.1. The van der Waals surface area contributed by atoms with E-state index >= 15 is 0 Å². The number of amides is 1. The van der Waals surface area contributed by atoms with Crippen molar-refractivity contribution < 1.29 is 15.0 Å². The lowest BCUT2D eigenvalue weighted by atomic mass is 9.77. The summed E-state index contributed by atoms with van der Waals surface area (Å²) in [5.41, 5.74) is 0.630. The van der Waals surface area contributed by atoms with Gasteiger partial charge in [-0.3, -0.25) is 4.79 Å². The minimum atomic E-state index is -0.541. The number of aromatic hydroxyl groups is 1. The third-order valence-electron chi connectivity index (χ3n) is 4.31. The van der Waals surface area contributed by atoms with Crippen molar-refractivity contribution >= 4 is 5.91 Å². The van der Waals surface area contributed by atoms with Gasteiger partial charge in [-0.1, -0.05) is 13.0 Å². The standard InChI is InChI=1S/C16H23NO3/c1-11-5-7-16(10-18,8-6-11)17-15(20)13-4-3-12(2)9-14(13)19/h3-4,9,11,18-19H,5-8,10H2,1-2H3,(H,17,20). The molecule has 0 atom stereocenters. The molecule has 110 valence electrons. The van der Waals surface area contributed by atoms with Gasteiger partial charge >= 0.3 is 0 Å². The Bertz CT molecular complexity index is 490. The quantitative estimate of drug-likeness (QED) is 0.794. The van der Waals surface area contributed by atoms with Gasteiger partial charge in [-0.15, -0.1) is 0 Å². The molecule has 0 heterocycles. The highest BCUT2D eigenvalue weighted by molar-refractivity contribution is 5.97. The van der Waals surface area contributed by atoms with Gasteiger partial charge in [-0.25, -0.2) is 0 Å². The Morgan fingerprint density at radius 3 is 2.60 bits per heavy atom. The van der Waals surface area contributed by atoms with Crippen LogP contribution >= 0.6 is 0 Å². The summed E-state index contributed by atoms with van der Waals surface area (Å²) in [5.74, 6) is 0.310. The molecule has 1 aliphatic carbocycles. The summed E-state index contributed by atoms with van der Waals surface area (Å²) in [7, 11) is 0. The Kier molecular flexibility index (Phi) is 4.33. The van der Waals surface area contributed by atoms with Crippen LogP contribution in [0.15, 0.2) is 18.2 Å². The first-order valence-corrected chi connectivity index (χ1v) is 7.19. The van der Waals surface area contributed by atoms with Gasteiger partial charge in [-0.05, 0) is 56.2 Å². The van der Waals surface area contributed by atoms with E-state index in [0.29, 0.717) is 5.92 Å². The van der Waals surface area contributed by atoms with Gasteiger partial charge in [0.25, 0.3) is 5.91 Å². The van der Waals surface area contributed by atoms with E-state index in [4.69, 9.17) is 0 Å². The van der Waals surface area contributed by atoms with Crippen molar-refractivity contribution in [3.63, 3.8) is 0 Å². The molecule has 0 saturated heterocycles. The number of aryl methyl sites for hydroxylation is 1. The van der Waals surface area contributed by atoms with E-state index in [9.17, 15) is 15.0 Å². The summed E-state index contributed by atoms with van der Waals surface area (Å²) in [6.45, 7) is 3.99. The van der Waals surface area contributed by atoms with E-state index in [1.807, 2.05) is 6.92 Å². The van der Waals surface area contributed by atoms with Crippen LogP contribution < -0.4 is 5.32 Å². The van der Waals surface area contributed by atoms with Gasteiger partial charge < -0.3 is 15.5 Å². The van der Waals surface area contributed by atoms with Crippen LogP contribution in [0.2, 0.25) is 0 Å². The van der Waals surface area contributed by atoms with E-state index < -0.39 is 5.54 Å². The first-order valence-electron chi connectivity index (χ1n) is 7.19. The lowest BCUT2D eigenvalue weighted by molar-refractivity contribution is 0.0715. The van der Waals surface area contributed by atoms with Gasteiger partial charge in [0.2, 0.25) is 0 Å². The predicted octanol–water partition coefficient (Wildman–Crippen LogP) is 2.37. The third kappa shape index (κ3) is 3.12. The molecule has 1 amide bonds. The number of carbonyl (C=O) groups is 1. The van der Waals surface area contributed by atoms with Crippen LogP contribution in [0, 0.1) is 12.8 Å². The molecule has 4 nitrogen and oxygen atoms in total. The summed E-state index contributed by atoms with van der Waals surface area (Å²) >= 11 is 0. The molecule has 3 N–H and O–H groups in total. The molecule has 1 aliphatic rings. The monoisotopic (exact) mass is 277 g/mol. The van der Waals surface area contributed by atoms with E-state index in [2.05, 4.69) is 12.2 Å². The molecule has 0 aromatic heterocycles. The van der Waals surface area contributed by atoms with Crippen molar-refractivity contribution in [1.29, 1.82) is 0 Å². The van der Waals surface area contributed by atoms with Crippen LogP contribution in [-0.4, -0.2) is 28.3 Å². The average Bonchev–Trinajstić information content (AvgIpc) is 2.41. The average molecular weight is 277 g/mol. The van der Waals surface area contributed by atoms with E-state index in [1.54, 1.807) is 18.2 Å². The molecule has 1 fully saturated rings. The molecule has 0 unspecified atom stereocenters. The Balaban J connectivity index is 2.13. The topological polar surface area (TPSA) is 69.6 Å². The fourth-order valence-corrected chi connectivity index (χ4v) is 2.78. The minimum Gasteiger partial charge on any atom is -0.507 e. The van der Waals surface area contributed by atoms with Crippen LogP contribution in [0.3, 0.4) is 0 Å². The Labute approximate surface area is 119 Å².